The lowest BCUT2D eigenvalue weighted by Crippen LogP contribution is -2.31. The number of fused-ring (bicyclic) bond motifs is 1. The molecule has 110 valence electrons. The second-order valence-electron chi connectivity index (χ2n) is 5.98. The summed E-state index contributed by atoms with van der Waals surface area (Å²) in [5, 5.41) is 10.8. The van der Waals surface area contributed by atoms with Gasteiger partial charge in [-0.1, -0.05) is 37.5 Å². The van der Waals surface area contributed by atoms with Gasteiger partial charge in [0.2, 0.25) is 0 Å². The van der Waals surface area contributed by atoms with Crippen LogP contribution in [-0.2, 0) is 11.2 Å². The average Bonchev–Trinajstić information content (AvgIpc) is 2.97. The SMILES string of the molecule is COC(C1CCCCC1)C(O)c1cccc2c1OCC2. The molecule has 0 saturated heterocycles. The maximum absolute atomic E-state index is 10.8. The van der Waals surface area contributed by atoms with Gasteiger partial charge in [-0.25, -0.2) is 0 Å². The number of aliphatic hydroxyl groups excluding tert-OH is 1. The van der Waals surface area contributed by atoms with Crippen LogP contribution in [0.5, 0.6) is 5.75 Å². The third kappa shape index (κ3) is 2.57. The van der Waals surface area contributed by atoms with E-state index in [1.807, 2.05) is 12.1 Å². The van der Waals surface area contributed by atoms with Crippen LogP contribution in [0.4, 0.5) is 0 Å². The van der Waals surface area contributed by atoms with Gasteiger partial charge >= 0.3 is 0 Å². The zero-order valence-electron chi connectivity index (χ0n) is 12.2. The Bertz CT molecular complexity index is 452. The van der Waals surface area contributed by atoms with Gasteiger partial charge in [0.25, 0.3) is 0 Å². The molecule has 2 atom stereocenters. The van der Waals surface area contributed by atoms with Crippen LogP contribution in [-0.4, -0.2) is 24.9 Å². The second-order valence-corrected chi connectivity index (χ2v) is 5.98. The van der Waals surface area contributed by atoms with Gasteiger partial charge in [0, 0.05) is 19.1 Å². The Morgan fingerprint density at radius 3 is 2.80 bits per heavy atom. The second kappa shape index (κ2) is 6.15. The highest BCUT2D eigenvalue weighted by molar-refractivity contribution is 5.45. The summed E-state index contributed by atoms with van der Waals surface area (Å²) in [5.74, 6) is 1.35. The van der Waals surface area contributed by atoms with Crippen LogP contribution in [0, 0.1) is 5.92 Å². The lowest BCUT2D eigenvalue weighted by Gasteiger charge is -2.33. The molecule has 2 aliphatic rings. The van der Waals surface area contributed by atoms with Gasteiger partial charge in [-0.2, -0.15) is 0 Å². The van der Waals surface area contributed by atoms with Crippen LogP contribution in [0.2, 0.25) is 0 Å². The van der Waals surface area contributed by atoms with Crippen molar-refractivity contribution in [1.82, 2.24) is 0 Å². The molecule has 3 nitrogen and oxygen atoms in total. The van der Waals surface area contributed by atoms with Crippen molar-refractivity contribution in [2.75, 3.05) is 13.7 Å². The molecule has 0 spiro atoms. The van der Waals surface area contributed by atoms with E-state index >= 15 is 0 Å². The molecule has 0 bridgehead atoms. The zero-order valence-corrected chi connectivity index (χ0v) is 12.2. The van der Waals surface area contributed by atoms with E-state index in [0.29, 0.717) is 5.92 Å². The van der Waals surface area contributed by atoms with Crippen LogP contribution >= 0.6 is 0 Å². The highest BCUT2D eigenvalue weighted by atomic mass is 16.5. The van der Waals surface area contributed by atoms with Crippen LogP contribution in [0.3, 0.4) is 0 Å². The third-order valence-electron chi connectivity index (χ3n) is 4.76. The minimum Gasteiger partial charge on any atom is -0.493 e. The Hall–Kier alpha value is -1.06. The van der Waals surface area contributed by atoms with E-state index in [2.05, 4.69) is 6.07 Å². The van der Waals surface area contributed by atoms with Gasteiger partial charge < -0.3 is 14.6 Å². The summed E-state index contributed by atoms with van der Waals surface area (Å²) in [6.07, 6.45) is 6.37. The molecule has 20 heavy (non-hydrogen) atoms. The van der Waals surface area contributed by atoms with E-state index in [-0.39, 0.29) is 6.10 Å². The summed E-state index contributed by atoms with van der Waals surface area (Å²) < 4.78 is 11.4. The normalized spacial score (nSPS) is 22.1. The van der Waals surface area contributed by atoms with E-state index in [1.165, 1.54) is 24.8 Å². The van der Waals surface area contributed by atoms with Crippen LogP contribution in [0.1, 0.15) is 49.3 Å². The molecule has 0 aromatic heterocycles. The fraction of sp³-hybridized carbons (Fsp3) is 0.647. The molecule has 1 heterocycles. The standard InChI is InChI=1S/C17H24O3/c1-19-17(12-6-3-2-4-7-12)15(18)14-9-5-8-13-10-11-20-16(13)14/h5,8-9,12,15,17-18H,2-4,6-7,10-11H2,1H3. The highest BCUT2D eigenvalue weighted by Gasteiger charge is 2.33. The van der Waals surface area contributed by atoms with Crippen LogP contribution in [0.15, 0.2) is 18.2 Å². The summed E-state index contributed by atoms with van der Waals surface area (Å²) in [6.45, 7) is 0.722. The first-order valence-corrected chi connectivity index (χ1v) is 7.76. The van der Waals surface area contributed by atoms with Gasteiger partial charge in [0.05, 0.1) is 12.7 Å². The number of hydrogen-bond acceptors (Lipinski definition) is 3. The number of rotatable bonds is 4. The first-order chi connectivity index (χ1) is 9.81. The summed E-state index contributed by atoms with van der Waals surface area (Å²) >= 11 is 0. The van der Waals surface area contributed by atoms with Gasteiger partial charge in [-0.05, 0) is 24.3 Å². The van der Waals surface area contributed by atoms with Crippen molar-refractivity contribution in [2.24, 2.45) is 5.92 Å². The van der Waals surface area contributed by atoms with E-state index in [1.54, 1.807) is 7.11 Å². The van der Waals surface area contributed by atoms with Gasteiger partial charge in [-0.15, -0.1) is 0 Å². The Morgan fingerprint density at radius 2 is 2.05 bits per heavy atom. The van der Waals surface area contributed by atoms with Crippen molar-refractivity contribution in [3.63, 3.8) is 0 Å². The molecule has 2 unspecified atom stereocenters. The smallest absolute Gasteiger partial charge is 0.128 e. The first kappa shape index (κ1) is 13.9. The highest BCUT2D eigenvalue weighted by Crippen LogP contribution is 2.39. The molecule has 1 aromatic rings. The predicted molar refractivity (Wildman–Crippen MR) is 78.0 cm³/mol. The Labute approximate surface area is 120 Å². The monoisotopic (exact) mass is 276 g/mol. The fourth-order valence-corrected chi connectivity index (χ4v) is 3.69. The molecule has 1 saturated carbocycles. The van der Waals surface area contributed by atoms with E-state index < -0.39 is 6.10 Å². The molecule has 0 radical (unpaired) electrons. The maximum atomic E-state index is 10.8. The summed E-state index contributed by atoms with van der Waals surface area (Å²) in [7, 11) is 1.71. The number of hydrogen-bond donors (Lipinski definition) is 1. The lowest BCUT2D eigenvalue weighted by atomic mass is 9.81. The van der Waals surface area contributed by atoms with Crippen LogP contribution < -0.4 is 4.74 Å². The van der Waals surface area contributed by atoms with E-state index in [0.717, 1.165) is 37.2 Å². The first-order valence-electron chi connectivity index (χ1n) is 7.76. The van der Waals surface area contributed by atoms with Gasteiger partial charge in [0.1, 0.15) is 11.9 Å². The van der Waals surface area contributed by atoms with E-state index in [4.69, 9.17) is 9.47 Å². The minimum absolute atomic E-state index is 0.119. The molecule has 3 heteroatoms. The number of para-hydroxylation sites is 1. The summed E-state index contributed by atoms with van der Waals surface area (Å²) in [6, 6.07) is 6.07. The van der Waals surface area contributed by atoms with Gasteiger partial charge in [-0.3, -0.25) is 0 Å². The third-order valence-corrected chi connectivity index (χ3v) is 4.76. The number of aliphatic hydroxyl groups is 1. The Kier molecular flexibility index (Phi) is 4.27. The maximum Gasteiger partial charge on any atom is 0.128 e. The largest absolute Gasteiger partial charge is 0.493 e. The molecule has 1 aromatic carbocycles. The fourth-order valence-electron chi connectivity index (χ4n) is 3.69. The Morgan fingerprint density at radius 1 is 1.25 bits per heavy atom. The minimum atomic E-state index is -0.587. The molecule has 3 rings (SSSR count). The van der Waals surface area contributed by atoms with Crippen molar-refractivity contribution < 1.29 is 14.6 Å². The van der Waals surface area contributed by atoms with Crippen molar-refractivity contribution in [1.29, 1.82) is 0 Å². The molecule has 1 aliphatic heterocycles. The molecular weight excluding hydrogens is 252 g/mol. The topological polar surface area (TPSA) is 38.7 Å². The molecule has 0 amide bonds. The van der Waals surface area contributed by atoms with Crippen molar-refractivity contribution in [3.8, 4) is 5.75 Å². The van der Waals surface area contributed by atoms with Crippen molar-refractivity contribution in [2.45, 2.75) is 50.7 Å². The van der Waals surface area contributed by atoms with Crippen molar-refractivity contribution in [3.05, 3.63) is 29.3 Å². The quantitative estimate of drug-likeness (QED) is 0.917. The molecule has 1 N–H and O–H groups in total. The molecular formula is C17H24O3. The van der Waals surface area contributed by atoms with Gasteiger partial charge in [0.15, 0.2) is 0 Å². The summed E-state index contributed by atoms with van der Waals surface area (Å²) in [5.41, 5.74) is 2.11. The lowest BCUT2D eigenvalue weighted by molar-refractivity contribution is -0.0566. The predicted octanol–water partition coefficient (Wildman–Crippen LogP) is 3.25. The number of methoxy groups -OCH3 is 1. The number of ether oxygens (including phenoxy) is 2. The average molecular weight is 276 g/mol. The molecule has 1 aliphatic carbocycles. The molecule has 1 fully saturated rings. The van der Waals surface area contributed by atoms with Crippen LogP contribution in [0.25, 0.3) is 0 Å². The Balaban J connectivity index is 1.83. The zero-order chi connectivity index (χ0) is 13.9. The van der Waals surface area contributed by atoms with E-state index in [9.17, 15) is 5.11 Å². The summed E-state index contributed by atoms with van der Waals surface area (Å²) in [4.78, 5) is 0. The number of benzene rings is 1. The van der Waals surface area contributed by atoms with Crippen molar-refractivity contribution >= 4 is 0 Å².